The maximum absolute atomic E-state index is 9.04. The standard InChI is InChI=1S/C16H24N2O3/c19-11-10-17-6-3-7-18(9-8-17)12-14-13-20-15-4-1-2-5-16(15)21-14/h1-2,4-5,14,19H,3,6-13H2. The number of nitrogens with zero attached hydrogens (tertiary/aromatic N) is 2. The van der Waals surface area contributed by atoms with Crippen molar-refractivity contribution in [2.75, 3.05) is 52.5 Å². The van der Waals surface area contributed by atoms with Crippen LogP contribution in [0.3, 0.4) is 0 Å². The highest BCUT2D eigenvalue weighted by Crippen LogP contribution is 2.31. The molecular formula is C16H24N2O3. The quantitative estimate of drug-likeness (QED) is 0.890. The first-order valence-electron chi connectivity index (χ1n) is 7.79. The van der Waals surface area contributed by atoms with Crippen LogP contribution in [0.15, 0.2) is 24.3 Å². The Morgan fingerprint density at radius 1 is 1.05 bits per heavy atom. The highest BCUT2D eigenvalue weighted by Gasteiger charge is 2.24. The van der Waals surface area contributed by atoms with Gasteiger partial charge in [0.15, 0.2) is 11.5 Å². The molecule has 1 saturated heterocycles. The lowest BCUT2D eigenvalue weighted by Gasteiger charge is -2.30. The molecule has 3 rings (SSSR count). The summed E-state index contributed by atoms with van der Waals surface area (Å²) in [7, 11) is 0. The Hall–Kier alpha value is -1.30. The Labute approximate surface area is 126 Å². The Morgan fingerprint density at radius 3 is 2.67 bits per heavy atom. The van der Waals surface area contributed by atoms with Gasteiger partial charge in [-0.2, -0.15) is 0 Å². The number of hydrogen-bond donors (Lipinski definition) is 1. The number of hydrogen-bond acceptors (Lipinski definition) is 5. The fourth-order valence-corrected chi connectivity index (χ4v) is 3.01. The number of aliphatic hydroxyl groups is 1. The van der Waals surface area contributed by atoms with Gasteiger partial charge in [0.1, 0.15) is 12.7 Å². The van der Waals surface area contributed by atoms with E-state index in [1.807, 2.05) is 24.3 Å². The van der Waals surface area contributed by atoms with Crippen molar-refractivity contribution in [1.82, 2.24) is 9.80 Å². The van der Waals surface area contributed by atoms with Crippen LogP contribution in [-0.4, -0.2) is 73.5 Å². The first kappa shape index (κ1) is 14.6. The number of benzene rings is 1. The molecule has 2 aliphatic heterocycles. The van der Waals surface area contributed by atoms with E-state index in [2.05, 4.69) is 9.80 Å². The SMILES string of the molecule is OCCN1CCCN(CC2COc3ccccc3O2)CC1. The third-order valence-corrected chi connectivity index (χ3v) is 4.13. The van der Waals surface area contributed by atoms with Crippen molar-refractivity contribution >= 4 is 0 Å². The van der Waals surface area contributed by atoms with Crippen molar-refractivity contribution in [2.45, 2.75) is 12.5 Å². The molecule has 1 aromatic rings. The largest absolute Gasteiger partial charge is 0.486 e. The monoisotopic (exact) mass is 292 g/mol. The fraction of sp³-hybridized carbons (Fsp3) is 0.625. The Bertz CT molecular complexity index is 455. The van der Waals surface area contributed by atoms with Crippen LogP contribution in [-0.2, 0) is 0 Å². The number of β-amino-alcohol motifs (C(OH)–C–C–N with tert-alkyl or cyclic N) is 1. The first-order chi connectivity index (χ1) is 10.3. The van der Waals surface area contributed by atoms with Gasteiger partial charge in [0, 0.05) is 26.2 Å². The van der Waals surface area contributed by atoms with Crippen molar-refractivity contribution in [1.29, 1.82) is 0 Å². The summed E-state index contributed by atoms with van der Waals surface area (Å²) < 4.78 is 11.8. The van der Waals surface area contributed by atoms with Crippen molar-refractivity contribution in [3.63, 3.8) is 0 Å². The Kier molecular flexibility index (Phi) is 4.95. The molecule has 1 aromatic carbocycles. The normalized spacial score (nSPS) is 23.8. The van der Waals surface area contributed by atoms with Crippen molar-refractivity contribution < 1.29 is 14.6 Å². The first-order valence-corrected chi connectivity index (χ1v) is 7.79. The molecule has 1 N–H and O–H groups in total. The molecule has 1 atom stereocenters. The van der Waals surface area contributed by atoms with E-state index in [0.29, 0.717) is 6.61 Å². The van der Waals surface area contributed by atoms with Gasteiger partial charge in [-0.25, -0.2) is 0 Å². The summed E-state index contributed by atoms with van der Waals surface area (Å²) in [6, 6.07) is 7.85. The maximum Gasteiger partial charge on any atom is 0.161 e. The minimum absolute atomic E-state index is 0.101. The molecule has 21 heavy (non-hydrogen) atoms. The number of aliphatic hydroxyl groups excluding tert-OH is 1. The minimum atomic E-state index is 0.101. The molecule has 2 aliphatic rings. The zero-order chi connectivity index (χ0) is 14.5. The van der Waals surface area contributed by atoms with Crippen molar-refractivity contribution in [3.8, 4) is 11.5 Å². The molecule has 1 unspecified atom stereocenters. The summed E-state index contributed by atoms with van der Waals surface area (Å²) in [4.78, 5) is 4.77. The second-order valence-electron chi connectivity index (χ2n) is 5.72. The molecule has 0 spiro atoms. The number of para-hydroxylation sites is 2. The lowest BCUT2D eigenvalue weighted by molar-refractivity contribution is 0.0595. The molecule has 0 aromatic heterocycles. The topological polar surface area (TPSA) is 45.2 Å². The zero-order valence-electron chi connectivity index (χ0n) is 12.4. The van der Waals surface area contributed by atoms with Crippen LogP contribution < -0.4 is 9.47 Å². The average Bonchev–Trinajstić information content (AvgIpc) is 2.73. The third kappa shape index (κ3) is 3.87. The van der Waals surface area contributed by atoms with Crippen LogP contribution in [0.2, 0.25) is 0 Å². The Morgan fingerprint density at radius 2 is 1.81 bits per heavy atom. The van der Waals surface area contributed by atoms with Crippen LogP contribution in [0.4, 0.5) is 0 Å². The molecule has 0 radical (unpaired) electrons. The van der Waals surface area contributed by atoms with Crippen LogP contribution in [0, 0.1) is 0 Å². The summed E-state index contributed by atoms with van der Waals surface area (Å²) in [5.41, 5.74) is 0. The average molecular weight is 292 g/mol. The molecular weight excluding hydrogens is 268 g/mol. The van der Waals surface area contributed by atoms with Gasteiger partial charge in [0.25, 0.3) is 0 Å². The summed E-state index contributed by atoms with van der Waals surface area (Å²) in [5.74, 6) is 1.70. The highest BCUT2D eigenvalue weighted by molar-refractivity contribution is 5.40. The number of fused-ring (bicyclic) bond motifs is 1. The molecule has 0 aliphatic carbocycles. The van der Waals surface area contributed by atoms with Gasteiger partial charge >= 0.3 is 0 Å². The van der Waals surface area contributed by atoms with E-state index < -0.39 is 0 Å². The van der Waals surface area contributed by atoms with Gasteiger partial charge in [-0.3, -0.25) is 9.80 Å². The highest BCUT2D eigenvalue weighted by atomic mass is 16.6. The predicted octanol–water partition coefficient (Wildman–Crippen LogP) is 0.826. The van der Waals surface area contributed by atoms with Crippen LogP contribution in [0.5, 0.6) is 11.5 Å². The van der Waals surface area contributed by atoms with Crippen LogP contribution in [0.25, 0.3) is 0 Å². The van der Waals surface area contributed by atoms with Crippen molar-refractivity contribution in [2.24, 2.45) is 0 Å². The molecule has 0 saturated carbocycles. The van der Waals surface area contributed by atoms with Gasteiger partial charge in [-0.15, -0.1) is 0 Å². The van der Waals surface area contributed by atoms with Gasteiger partial charge in [0.2, 0.25) is 0 Å². The maximum atomic E-state index is 9.04. The number of rotatable bonds is 4. The van der Waals surface area contributed by atoms with E-state index in [1.165, 1.54) is 0 Å². The van der Waals surface area contributed by atoms with Crippen molar-refractivity contribution in [3.05, 3.63) is 24.3 Å². The summed E-state index contributed by atoms with van der Waals surface area (Å²) in [6.45, 7) is 6.76. The summed E-state index contributed by atoms with van der Waals surface area (Å²) in [6.07, 6.45) is 1.24. The molecule has 1 fully saturated rings. The minimum Gasteiger partial charge on any atom is -0.486 e. The van der Waals surface area contributed by atoms with Gasteiger partial charge in [-0.1, -0.05) is 12.1 Å². The van der Waals surface area contributed by atoms with E-state index in [-0.39, 0.29) is 12.7 Å². The summed E-state index contributed by atoms with van der Waals surface area (Å²) >= 11 is 0. The summed E-state index contributed by atoms with van der Waals surface area (Å²) in [5, 5.41) is 9.04. The smallest absolute Gasteiger partial charge is 0.161 e. The zero-order valence-corrected chi connectivity index (χ0v) is 12.4. The van der Waals surface area contributed by atoms with E-state index in [0.717, 1.165) is 57.2 Å². The Balaban J connectivity index is 1.51. The third-order valence-electron chi connectivity index (χ3n) is 4.13. The molecule has 0 amide bonds. The molecule has 5 heteroatoms. The van der Waals surface area contributed by atoms with E-state index >= 15 is 0 Å². The predicted molar refractivity (Wildman–Crippen MR) is 80.9 cm³/mol. The lowest BCUT2D eigenvalue weighted by atomic mass is 10.2. The number of ether oxygens (including phenoxy) is 2. The van der Waals surface area contributed by atoms with Gasteiger partial charge in [0.05, 0.1) is 6.61 Å². The second-order valence-corrected chi connectivity index (χ2v) is 5.72. The molecule has 116 valence electrons. The second kappa shape index (κ2) is 7.11. The molecule has 2 heterocycles. The lowest BCUT2D eigenvalue weighted by Crippen LogP contribution is -2.42. The van der Waals surface area contributed by atoms with Gasteiger partial charge in [-0.05, 0) is 31.6 Å². The fourth-order valence-electron chi connectivity index (χ4n) is 3.01. The van der Waals surface area contributed by atoms with E-state index in [4.69, 9.17) is 14.6 Å². The van der Waals surface area contributed by atoms with E-state index in [9.17, 15) is 0 Å². The van der Waals surface area contributed by atoms with Crippen LogP contribution in [0.1, 0.15) is 6.42 Å². The van der Waals surface area contributed by atoms with Gasteiger partial charge < -0.3 is 14.6 Å². The molecule has 5 nitrogen and oxygen atoms in total. The van der Waals surface area contributed by atoms with Crippen LogP contribution >= 0.6 is 0 Å². The molecule has 0 bridgehead atoms. The van der Waals surface area contributed by atoms with E-state index in [1.54, 1.807) is 0 Å².